The molecule has 0 radical (unpaired) electrons. The Labute approximate surface area is 115 Å². The fourth-order valence-electron chi connectivity index (χ4n) is 1.61. The third kappa shape index (κ3) is 3.31. The van der Waals surface area contributed by atoms with E-state index in [9.17, 15) is 17.2 Å². The summed E-state index contributed by atoms with van der Waals surface area (Å²) in [6.45, 7) is 0.00632. The Balaban J connectivity index is 2.17. The SMILES string of the molecule is Nc1cccc(CNS(=O)(=O)c2ccc(F)c(F)c2)c1. The van der Waals surface area contributed by atoms with Crippen LogP contribution < -0.4 is 10.5 Å². The van der Waals surface area contributed by atoms with Crippen molar-refractivity contribution in [3.8, 4) is 0 Å². The number of benzene rings is 2. The fraction of sp³-hybridized carbons (Fsp3) is 0.0769. The number of nitrogens with two attached hydrogens (primary N) is 1. The molecule has 3 N–H and O–H groups in total. The van der Waals surface area contributed by atoms with Gasteiger partial charge < -0.3 is 5.73 Å². The predicted molar refractivity (Wildman–Crippen MR) is 71.2 cm³/mol. The summed E-state index contributed by atoms with van der Waals surface area (Å²) in [5, 5.41) is 0. The van der Waals surface area contributed by atoms with Crippen molar-refractivity contribution in [1.29, 1.82) is 0 Å². The molecule has 0 spiro atoms. The Morgan fingerprint density at radius 2 is 1.80 bits per heavy atom. The van der Waals surface area contributed by atoms with E-state index in [-0.39, 0.29) is 11.4 Å². The minimum atomic E-state index is -3.91. The van der Waals surface area contributed by atoms with Crippen LogP contribution in [0.25, 0.3) is 0 Å². The summed E-state index contributed by atoms with van der Waals surface area (Å²) < 4.78 is 52.0. The van der Waals surface area contributed by atoms with Gasteiger partial charge in [-0.15, -0.1) is 0 Å². The lowest BCUT2D eigenvalue weighted by molar-refractivity contribution is 0.504. The molecular weight excluding hydrogens is 286 g/mol. The number of hydrogen-bond acceptors (Lipinski definition) is 3. The highest BCUT2D eigenvalue weighted by Gasteiger charge is 2.16. The maximum atomic E-state index is 13.0. The molecule has 4 nitrogen and oxygen atoms in total. The van der Waals surface area contributed by atoms with Gasteiger partial charge in [-0.05, 0) is 35.9 Å². The molecule has 0 saturated heterocycles. The maximum absolute atomic E-state index is 13.0. The molecule has 0 amide bonds. The number of sulfonamides is 1. The monoisotopic (exact) mass is 298 g/mol. The first-order valence-electron chi connectivity index (χ1n) is 5.67. The smallest absolute Gasteiger partial charge is 0.240 e. The minimum absolute atomic E-state index is 0.00632. The van der Waals surface area contributed by atoms with E-state index in [1.807, 2.05) is 0 Å². The van der Waals surface area contributed by atoms with Crippen LogP contribution in [-0.2, 0) is 16.6 Å². The summed E-state index contributed by atoms with van der Waals surface area (Å²) in [6.07, 6.45) is 0. The maximum Gasteiger partial charge on any atom is 0.240 e. The van der Waals surface area contributed by atoms with Crippen LogP contribution in [0.1, 0.15) is 5.56 Å². The topological polar surface area (TPSA) is 72.2 Å². The van der Waals surface area contributed by atoms with Crippen molar-refractivity contribution in [3.05, 3.63) is 59.7 Å². The highest BCUT2D eigenvalue weighted by Crippen LogP contribution is 2.14. The molecule has 0 aliphatic heterocycles. The van der Waals surface area contributed by atoms with Crippen LogP contribution in [0.5, 0.6) is 0 Å². The summed E-state index contributed by atoms with van der Waals surface area (Å²) in [6, 6.07) is 9.09. The molecule has 0 aromatic heterocycles. The van der Waals surface area contributed by atoms with Gasteiger partial charge in [0.1, 0.15) is 0 Å². The first-order valence-corrected chi connectivity index (χ1v) is 7.16. The lowest BCUT2D eigenvalue weighted by Crippen LogP contribution is -2.23. The molecule has 106 valence electrons. The molecule has 0 aliphatic rings. The standard InChI is InChI=1S/C13H12F2N2O2S/c14-12-5-4-11(7-13(12)15)20(18,19)17-8-9-2-1-3-10(16)6-9/h1-7,17H,8,16H2. The van der Waals surface area contributed by atoms with Crippen molar-refractivity contribution in [1.82, 2.24) is 4.72 Å². The quantitative estimate of drug-likeness (QED) is 0.848. The third-order valence-corrected chi connectivity index (χ3v) is 4.02. The number of hydrogen-bond donors (Lipinski definition) is 2. The minimum Gasteiger partial charge on any atom is -0.399 e. The number of halogens is 2. The largest absolute Gasteiger partial charge is 0.399 e. The molecule has 0 saturated carbocycles. The second-order valence-corrected chi connectivity index (χ2v) is 5.91. The molecule has 0 fully saturated rings. The molecule has 0 aliphatic carbocycles. The van der Waals surface area contributed by atoms with Crippen molar-refractivity contribution in [2.24, 2.45) is 0 Å². The zero-order chi connectivity index (χ0) is 14.8. The second-order valence-electron chi connectivity index (χ2n) is 4.15. The number of nitrogens with one attached hydrogen (secondary N) is 1. The average molecular weight is 298 g/mol. The van der Waals surface area contributed by atoms with Crippen molar-refractivity contribution in [3.63, 3.8) is 0 Å². The highest BCUT2D eigenvalue weighted by atomic mass is 32.2. The molecule has 0 unspecified atom stereocenters. The lowest BCUT2D eigenvalue weighted by Gasteiger charge is -2.07. The summed E-state index contributed by atoms with van der Waals surface area (Å²) in [5.41, 5.74) is 6.75. The molecule has 2 rings (SSSR count). The van der Waals surface area contributed by atoms with E-state index in [2.05, 4.69) is 4.72 Å². The van der Waals surface area contributed by atoms with Crippen LogP contribution in [0.4, 0.5) is 14.5 Å². The normalized spacial score (nSPS) is 11.5. The Morgan fingerprint density at radius 3 is 2.45 bits per heavy atom. The first-order chi connectivity index (χ1) is 9.38. The first kappa shape index (κ1) is 14.4. The van der Waals surface area contributed by atoms with Crippen molar-refractivity contribution < 1.29 is 17.2 Å². The van der Waals surface area contributed by atoms with Gasteiger partial charge in [0.05, 0.1) is 4.90 Å². The van der Waals surface area contributed by atoms with Gasteiger partial charge in [-0.25, -0.2) is 21.9 Å². The number of rotatable bonds is 4. The number of nitrogen functional groups attached to an aromatic ring is 1. The van der Waals surface area contributed by atoms with E-state index in [1.54, 1.807) is 24.3 Å². The second kappa shape index (κ2) is 5.56. The summed E-state index contributed by atoms with van der Waals surface area (Å²) in [5.74, 6) is -2.31. The van der Waals surface area contributed by atoms with Crippen LogP contribution in [0.2, 0.25) is 0 Å². The van der Waals surface area contributed by atoms with Gasteiger partial charge in [0.2, 0.25) is 10.0 Å². The lowest BCUT2D eigenvalue weighted by atomic mass is 10.2. The molecule has 2 aromatic carbocycles. The molecule has 0 atom stereocenters. The molecule has 2 aromatic rings. The highest BCUT2D eigenvalue weighted by molar-refractivity contribution is 7.89. The Bertz CT molecular complexity index is 733. The average Bonchev–Trinajstić information content (AvgIpc) is 2.40. The van der Waals surface area contributed by atoms with Gasteiger partial charge in [0.25, 0.3) is 0 Å². The van der Waals surface area contributed by atoms with E-state index in [0.29, 0.717) is 17.3 Å². The van der Waals surface area contributed by atoms with Gasteiger partial charge in [-0.3, -0.25) is 0 Å². The van der Waals surface area contributed by atoms with Crippen LogP contribution in [-0.4, -0.2) is 8.42 Å². The molecular formula is C13H12F2N2O2S. The molecule has 0 bridgehead atoms. The summed E-state index contributed by atoms with van der Waals surface area (Å²) in [4.78, 5) is -0.333. The Hall–Kier alpha value is -1.99. The fourth-order valence-corrected chi connectivity index (χ4v) is 2.64. The summed E-state index contributed by atoms with van der Waals surface area (Å²) in [7, 11) is -3.91. The zero-order valence-corrected chi connectivity index (χ0v) is 11.1. The van der Waals surface area contributed by atoms with Gasteiger partial charge in [-0.1, -0.05) is 12.1 Å². The van der Waals surface area contributed by atoms with Gasteiger partial charge in [0.15, 0.2) is 11.6 Å². The van der Waals surface area contributed by atoms with Gasteiger partial charge >= 0.3 is 0 Å². The van der Waals surface area contributed by atoms with E-state index in [1.165, 1.54) is 0 Å². The van der Waals surface area contributed by atoms with Gasteiger partial charge in [-0.2, -0.15) is 0 Å². The molecule has 20 heavy (non-hydrogen) atoms. The van der Waals surface area contributed by atoms with Crippen LogP contribution >= 0.6 is 0 Å². The van der Waals surface area contributed by atoms with E-state index >= 15 is 0 Å². The Kier molecular flexibility index (Phi) is 4.01. The molecule has 7 heteroatoms. The Morgan fingerprint density at radius 1 is 1.05 bits per heavy atom. The summed E-state index contributed by atoms with van der Waals surface area (Å²) >= 11 is 0. The van der Waals surface area contributed by atoms with Crippen LogP contribution in [0.15, 0.2) is 47.4 Å². The predicted octanol–water partition coefficient (Wildman–Crippen LogP) is 2.03. The van der Waals surface area contributed by atoms with Crippen molar-refractivity contribution >= 4 is 15.7 Å². The van der Waals surface area contributed by atoms with Gasteiger partial charge in [0, 0.05) is 12.2 Å². The third-order valence-electron chi connectivity index (χ3n) is 2.62. The van der Waals surface area contributed by atoms with Crippen molar-refractivity contribution in [2.45, 2.75) is 11.4 Å². The number of anilines is 1. The van der Waals surface area contributed by atoms with Crippen molar-refractivity contribution in [2.75, 3.05) is 5.73 Å². The van der Waals surface area contributed by atoms with Crippen LogP contribution in [0.3, 0.4) is 0 Å². The van der Waals surface area contributed by atoms with E-state index in [4.69, 9.17) is 5.73 Å². The molecule has 0 heterocycles. The zero-order valence-electron chi connectivity index (χ0n) is 10.3. The van der Waals surface area contributed by atoms with E-state index < -0.39 is 21.7 Å². The van der Waals surface area contributed by atoms with E-state index in [0.717, 1.165) is 12.1 Å². The van der Waals surface area contributed by atoms with Crippen LogP contribution in [0, 0.1) is 11.6 Å².